The minimum atomic E-state index is 0.223. The minimum absolute atomic E-state index is 0.223. The molecule has 124 valence electrons. The van der Waals surface area contributed by atoms with Crippen LogP contribution in [-0.2, 0) is 9.59 Å². The zero-order chi connectivity index (χ0) is 15.6. The molecule has 0 aliphatic rings. The lowest BCUT2D eigenvalue weighted by molar-refractivity contribution is -0.121. The molecule has 0 fully saturated rings. The van der Waals surface area contributed by atoms with Gasteiger partial charge in [-0.05, 0) is 19.3 Å². The Labute approximate surface area is 131 Å². The van der Waals surface area contributed by atoms with Gasteiger partial charge in [0.1, 0.15) is 6.29 Å². The summed E-state index contributed by atoms with van der Waals surface area (Å²) in [6.45, 7) is 3.03. The van der Waals surface area contributed by atoms with E-state index in [1.54, 1.807) is 0 Å². The zero-order valence-corrected chi connectivity index (χ0v) is 14.0. The maximum Gasteiger partial charge on any atom is 0.219 e. The summed E-state index contributed by atoms with van der Waals surface area (Å²) in [4.78, 5) is 21.7. The fourth-order valence-corrected chi connectivity index (χ4v) is 2.44. The van der Waals surface area contributed by atoms with Gasteiger partial charge in [-0.15, -0.1) is 0 Å². The Balaban J connectivity index is 3.10. The molecule has 0 heterocycles. The Morgan fingerprint density at radius 1 is 0.810 bits per heavy atom. The van der Waals surface area contributed by atoms with Crippen molar-refractivity contribution >= 4 is 12.2 Å². The van der Waals surface area contributed by atoms with Crippen molar-refractivity contribution in [1.29, 1.82) is 0 Å². The molecular formula is C18H35NO2. The van der Waals surface area contributed by atoms with E-state index in [-0.39, 0.29) is 5.91 Å². The van der Waals surface area contributed by atoms with Crippen LogP contribution >= 0.6 is 0 Å². The largest absolute Gasteiger partial charge is 0.356 e. The topological polar surface area (TPSA) is 46.2 Å². The Morgan fingerprint density at radius 2 is 1.38 bits per heavy atom. The molecule has 0 atom stereocenters. The van der Waals surface area contributed by atoms with Crippen molar-refractivity contribution in [2.45, 2.75) is 96.8 Å². The van der Waals surface area contributed by atoms with E-state index in [0.29, 0.717) is 6.42 Å². The minimum Gasteiger partial charge on any atom is -0.356 e. The van der Waals surface area contributed by atoms with Crippen molar-refractivity contribution in [2.75, 3.05) is 6.54 Å². The number of amides is 1. The van der Waals surface area contributed by atoms with Crippen molar-refractivity contribution in [1.82, 2.24) is 5.32 Å². The van der Waals surface area contributed by atoms with Gasteiger partial charge in [0.2, 0.25) is 5.91 Å². The van der Waals surface area contributed by atoms with Crippen LogP contribution in [0.4, 0.5) is 0 Å². The quantitative estimate of drug-likeness (QED) is 0.329. The van der Waals surface area contributed by atoms with Crippen molar-refractivity contribution in [3.8, 4) is 0 Å². The third-order valence-electron chi connectivity index (χ3n) is 3.83. The maximum absolute atomic E-state index is 11.5. The first-order chi connectivity index (χ1) is 10.3. The zero-order valence-electron chi connectivity index (χ0n) is 14.0. The van der Waals surface area contributed by atoms with Crippen LogP contribution in [0.15, 0.2) is 0 Å². The summed E-state index contributed by atoms with van der Waals surface area (Å²) in [6.07, 6.45) is 16.7. The first-order valence-electron chi connectivity index (χ1n) is 9.01. The van der Waals surface area contributed by atoms with E-state index in [4.69, 9.17) is 0 Å². The maximum atomic E-state index is 11.5. The molecule has 0 radical (unpaired) electrons. The van der Waals surface area contributed by atoms with Gasteiger partial charge in [0, 0.05) is 19.4 Å². The summed E-state index contributed by atoms with van der Waals surface area (Å²) in [7, 11) is 0. The predicted octanol–water partition coefficient (Wildman–Crippen LogP) is 4.78. The molecule has 3 heteroatoms. The molecule has 21 heavy (non-hydrogen) atoms. The van der Waals surface area contributed by atoms with Crippen LogP contribution in [-0.4, -0.2) is 18.7 Å². The smallest absolute Gasteiger partial charge is 0.219 e. The molecule has 0 saturated heterocycles. The van der Waals surface area contributed by atoms with E-state index in [2.05, 4.69) is 12.2 Å². The molecule has 3 nitrogen and oxygen atoms in total. The van der Waals surface area contributed by atoms with Crippen LogP contribution in [0.2, 0.25) is 0 Å². The van der Waals surface area contributed by atoms with E-state index in [0.717, 1.165) is 38.5 Å². The molecule has 0 spiro atoms. The number of unbranched alkanes of at least 4 members (excludes halogenated alkanes) is 11. The predicted molar refractivity (Wildman–Crippen MR) is 89.4 cm³/mol. The number of carbonyl (C=O) groups is 2. The van der Waals surface area contributed by atoms with Gasteiger partial charge in [-0.25, -0.2) is 0 Å². The second kappa shape index (κ2) is 17.2. The first-order valence-corrected chi connectivity index (χ1v) is 9.01. The Hall–Kier alpha value is -0.860. The molecule has 0 aromatic heterocycles. The normalized spacial score (nSPS) is 10.5. The van der Waals surface area contributed by atoms with Crippen LogP contribution in [0.1, 0.15) is 96.8 Å². The van der Waals surface area contributed by atoms with E-state index in [9.17, 15) is 9.59 Å². The fraction of sp³-hybridized carbons (Fsp3) is 0.889. The molecular weight excluding hydrogens is 262 g/mol. The van der Waals surface area contributed by atoms with Crippen LogP contribution in [0, 0.1) is 0 Å². The third-order valence-corrected chi connectivity index (χ3v) is 3.83. The Kier molecular flexibility index (Phi) is 16.5. The number of rotatable bonds is 16. The molecule has 0 aromatic rings. The molecule has 0 rings (SSSR count). The van der Waals surface area contributed by atoms with Gasteiger partial charge in [-0.2, -0.15) is 0 Å². The summed E-state index contributed by atoms with van der Waals surface area (Å²) >= 11 is 0. The van der Waals surface area contributed by atoms with E-state index >= 15 is 0 Å². The van der Waals surface area contributed by atoms with Gasteiger partial charge >= 0.3 is 0 Å². The molecule has 0 unspecified atom stereocenters. The van der Waals surface area contributed by atoms with Crippen LogP contribution in [0.5, 0.6) is 0 Å². The first kappa shape index (κ1) is 20.1. The number of aldehydes is 1. The monoisotopic (exact) mass is 297 g/mol. The molecule has 1 amide bonds. The van der Waals surface area contributed by atoms with Crippen LogP contribution in [0.3, 0.4) is 0 Å². The number of nitrogens with one attached hydrogen (secondary N) is 1. The SMILES string of the molecule is CCCCCCC(=O)NCCCCCCCCCCC=O. The number of carbonyl (C=O) groups excluding carboxylic acids is 2. The Morgan fingerprint density at radius 3 is 2.00 bits per heavy atom. The second-order valence-corrected chi connectivity index (χ2v) is 5.94. The molecule has 0 aliphatic carbocycles. The average Bonchev–Trinajstić information content (AvgIpc) is 2.49. The van der Waals surface area contributed by atoms with Crippen LogP contribution < -0.4 is 5.32 Å². The summed E-state index contributed by atoms with van der Waals surface area (Å²) in [6, 6.07) is 0. The molecule has 0 aliphatic heterocycles. The van der Waals surface area contributed by atoms with Gasteiger partial charge in [0.25, 0.3) is 0 Å². The van der Waals surface area contributed by atoms with Crippen molar-refractivity contribution < 1.29 is 9.59 Å². The lowest BCUT2D eigenvalue weighted by Crippen LogP contribution is -2.23. The average molecular weight is 297 g/mol. The van der Waals surface area contributed by atoms with Crippen molar-refractivity contribution in [3.63, 3.8) is 0 Å². The lowest BCUT2D eigenvalue weighted by atomic mass is 10.1. The van der Waals surface area contributed by atoms with E-state index in [1.807, 2.05) is 0 Å². The number of hydrogen-bond donors (Lipinski definition) is 1. The lowest BCUT2D eigenvalue weighted by Gasteiger charge is -2.05. The third kappa shape index (κ3) is 17.1. The van der Waals surface area contributed by atoms with Gasteiger partial charge in [0.15, 0.2) is 0 Å². The summed E-state index contributed by atoms with van der Waals surface area (Å²) in [5.74, 6) is 0.223. The van der Waals surface area contributed by atoms with Crippen LogP contribution in [0.25, 0.3) is 0 Å². The highest BCUT2D eigenvalue weighted by Gasteiger charge is 1.99. The fourth-order valence-electron chi connectivity index (χ4n) is 2.44. The molecule has 0 bridgehead atoms. The highest BCUT2D eigenvalue weighted by molar-refractivity contribution is 5.75. The summed E-state index contributed by atoms with van der Waals surface area (Å²) in [5.41, 5.74) is 0. The second-order valence-electron chi connectivity index (χ2n) is 5.94. The summed E-state index contributed by atoms with van der Waals surface area (Å²) in [5, 5.41) is 3.01. The Bertz CT molecular complexity index is 241. The van der Waals surface area contributed by atoms with E-state index < -0.39 is 0 Å². The standard InChI is InChI=1S/C18H35NO2/c1-2-3-4-12-15-18(21)19-16-13-10-8-6-5-7-9-11-14-17-20/h17H,2-16H2,1H3,(H,19,21). The highest BCUT2D eigenvalue weighted by atomic mass is 16.1. The van der Waals surface area contributed by atoms with Gasteiger partial charge in [-0.3, -0.25) is 4.79 Å². The van der Waals surface area contributed by atoms with Gasteiger partial charge < -0.3 is 10.1 Å². The van der Waals surface area contributed by atoms with Crippen molar-refractivity contribution in [2.24, 2.45) is 0 Å². The van der Waals surface area contributed by atoms with Gasteiger partial charge in [0.05, 0.1) is 0 Å². The molecule has 0 saturated carbocycles. The summed E-state index contributed by atoms with van der Waals surface area (Å²) < 4.78 is 0. The van der Waals surface area contributed by atoms with E-state index in [1.165, 1.54) is 57.8 Å². The highest BCUT2D eigenvalue weighted by Crippen LogP contribution is 2.09. The van der Waals surface area contributed by atoms with Gasteiger partial charge in [-0.1, -0.05) is 64.7 Å². The molecule has 1 N–H and O–H groups in total. The molecule has 0 aromatic carbocycles. The van der Waals surface area contributed by atoms with Crippen molar-refractivity contribution in [3.05, 3.63) is 0 Å². The number of hydrogen-bond acceptors (Lipinski definition) is 2.